The highest BCUT2D eigenvalue weighted by Crippen LogP contribution is 2.22. The molecular weight excluding hydrogens is 276 g/mol. The smallest absolute Gasteiger partial charge is 0.127 e. The number of nitrogens with one attached hydrogen (secondary N) is 1. The van der Waals surface area contributed by atoms with E-state index in [0.29, 0.717) is 6.04 Å². The summed E-state index contributed by atoms with van der Waals surface area (Å²) in [5.74, 6) is 1.12. The maximum absolute atomic E-state index is 4.50. The molecular formula is C13H21ClN6. The molecule has 1 unspecified atom stereocenters. The van der Waals surface area contributed by atoms with Gasteiger partial charge in [0.25, 0.3) is 0 Å². The minimum Gasteiger partial charge on any atom is -0.337 e. The van der Waals surface area contributed by atoms with E-state index in [-0.39, 0.29) is 12.4 Å². The molecule has 0 radical (unpaired) electrons. The van der Waals surface area contributed by atoms with E-state index >= 15 is 0 Å². The summed E-state index contributed by atoms with van der Waals surface area (Å²) in [6.07, 6.45) is 5.73. The molecule has 1 saturated heterocycles. The maximum Gasteiger partial charge on any atom is 0.127 e. The molecule has 0 amide bonds. The second kappa shape index (κ2) is 6.39. The van der Waals surface area contributed by atoms with Crippen LogP contribution in [0.1, 0.15) is 17.6 Å². The lowest BCUT2D eigenvalue weighted by molar-refractivity contribution is 0.141. The summed E-state index contributed by atoms with van der Waals surface area (Å²) >= 11 is 0. The van der Waals surface area contributed by atoms with Crippen LogP contribution in [-0.2, 0) is 20.6 Å². The van der Waals surface area contributed by atoms with Crippen LogP contribution in [0.3, 0.4) is 0 Å². The predicted molar refractivity (Wildman–Crippen MR) is 79.7 cm³/mol. The molecule has 0 spiro atoms. The number of aryl methyl sites for hydroxylation is 2. The lowest BCUT2D eigenvalue weighted by atomic mass is 10.1. The lowest BCUT2D eigenvalue weighted by Gasteiger charge is -2.35. The number of halogens is 1. The fourth-order valence-corrected chi connectivity index (χ4v) is 2.65. The summed E-state index contributed by atoms with van der Waals surface area (Å²) in [5, 5.41) is 7.70. The molecule has 2 aromatic rings. The third-order valence-corrected chi connectivity index (χ3v) is 3.80. The molecule has 0 aliphatic carbocycles. The van der Waals surface area contributed by atoms with Gasteiger partial charge in [0.1, 0.15) is 5.82 Å². The Morgan fingerprint density at radius 2 is 2.20 bits per heavy atom. The van der Waals surface area contributed by atoms with Crippen molar-refractivity contribution in [2.75, 3.05) is 19.6 Å². The molecule has 1 fully saturated rings. The van der Waals surface area contributed by atoms with E-state index in [9.17, 15) is 0 Å². The number of hydrogen-bond donors (Lipinski definition) is 1. The number of piperazine rings is 1. The van der Waals surface area contributed by atoms with Crippen LogP contribution < -0.4 is 5.32 Å². The second-order valence-corrected chi connectivity index (χ2v) is 5.03. The Labute approximate surface area is 125 Å². The van der Waals surface area contributed by atoms with Gasteiger partial charge < -0.3 is 9.88 Å². The van der Waals surface area contributed by atoms with Gasteiger partial charge in [-0.1, -0.05) is 0 Å². The molecule has 0 bridgehead atoms. The van der Waals surface area contributed by atoms with E-state index in [1.807, 2.05) is 30.3 Å². The van der Waals surface area contributed by atoms with E-state index in [0.717, 1.165) is 32.0 Å². The van der Waals surface area contributed by atoms with Crippen molar-refractivity contribution in [3.63, 3.8) is 0 Å². The molecule has 0 aromatic carbocycles. The van der Waals surface area contributed by atoms with Crippen molar-refractivity contribution < 1.29 is 0 Å². The van der Waals surface area contributed by atoms with Gasteiger partial charge in [0.2, 0.25) is 0 Å². The zero-order valence-corrected chi connectivity index (χ0v) is 12.7. The van der Waals surface area contributed by atoms with Crippen LogP contribution in [0, 0.1) is 0 Å². The summed E-state index contributed by atoms with van der Waals surface area (Å²) in [4.78, 5) is 6.97. The third kappa shape index (κ3) is 2.87. The van der Waals surface area contributed by atoms with E-state index in [2.05, 4.69) is 38.0 Å². The minimum absolute atomic E-state index is 0. The average Bonchev–Trinajstić information content (AvgIpc) is 3.00. The molecule has 3 heterocycles. The molecule has 1 N–H and O–H groups in total. The van der Waals surface area contributed by atoms with Gasteiger partial charge in [0.15, 0.2) is 0 Å². The highest BCUT2D eigenvalue weighted by atomic mass is 35.5. The second-order valence-electron chi connectivity index (χ2n) is 5.03. The third-order valence-electron chi connectivity index (χ3n) is 3.80. The van der Waals surface area contributed by atoms with Gasteiger partial charge in [-0.15, -0.1) is 12.4 Å². The Morgan fingerprint density at radius 3 is 2.85 bits per heavy atom. The highest BCUT2D eigenvalue weighted by molar-refractivity contribution is 5.85. The zero-order chi connectivity index (χ0) is 13.2. The molecule has 1 aliphatic heterocycles. The van der Waals surface area contributed by atoms with E-state index < -0.39 is 0 Å². The van der Waals surface area contributed by atoms with Crippen LogP contribution in [0.15, 0.2) is 24.7 Å². The quantitative estimate of drug-likeness (QED) is 0.907. The zero-order valence-electron chi connectivity index (χ0n) is 11.9. The van der Waals surface area contributed by atoms with Gasteiger partial charge >= 0.3 is 0 Å². The first-order valence-corrected chi connectivity index (χ1v) is 6.64. The van der Waals surface area contributed by atoms with E-state index in [1.54, 1.807) is 0 Å². The summed E-state index contributed by atoms with van der Waals surface area (Å²) in [7, 11) is 4.05. The van der Waals surface area contributed by atoms with Crippen molar-refractivity contribution in [3.05, 3.63) is 36.2 Å². The Balaban J connectivity index is 0.00000147. The molecule has 1 aliphatic rings. The number of aromatic nitrogens is 4. The summed E-state index contributed by atoms with van der Waals surface area (Å²) in [5.41, 5.74) is 1.24. The Hall–Kier alpha value is -1.37. The van der Waals surface area contributed by atoms with Crippen molar-refractivity contribution in [1.82, 2.24) is 29.5 Å². The van der Waals surface area contributed by atoms with Gasteiger partial charge in [-0.3, -0.25) is 9.58 Å². The summed E-state index contributed by atoms with van der Waals surface area (Å²) in [6.45, 7) is 3.92. The van der Waals surface area contributed by atoms with Crippen LogP contribution in [0.4, 0.5) is 0 Å². The fraction of sp³-hybridized carbons (Fsp3) is 0.538. The van der Waals surface area contributed by atoms with E-state index in [1.165, 1.54) is 5.69 Å². The van der Waals surface area contributed by atoms with Gasteiger partial charge in [-0.2, -0.15) is 5.10 Å². The standard InChI is InChI=1S/C13H20N6.ClH/c1-17-7-6-15-13(17)12-9-14-5-8-19(12)10-11-3-4-16-18(11)2;/h3-4,6-7,12,14H,5,8-10H2,1-2H3;1H. The summed E-state index contributed by atoms with van der Waals surface area (Å²) < 4.78 is 4.05. The van der Waals surface area contributed by atoms with Crippen LogP contribution in [0.2, 0.25) is 0 Å². The predicted octanol–water partition coefficient (Wildman–Crippen LogP) is 0.722. The first-order chi connectivity index (χ1) is 9.25. The molecule has 7 heteroatoms. The maximum atomic E-state index is 4.50. The SMILES string of the molecule is Cl.Cn1ccnc1C1CNCCN1Cc1ccnn1C. The highest BCUT2D eigenvalue weighted by Gasteiger charge is 2.27. The monoisotopic (exact) mass is 296 g/mol. The molecule has 20 heavy (non-hydrogen) atoms. The molecule has 0 saturated carbocycles. The topological polar surface area (TPSA) is 50.9 Å². The van der Waals surface area contributed by atoms with Crippen molar-refractivity contribution in [1.29, 1.82) is 0 Å². The van der Waals surface area contributed by atoms with Crippen LogP contribution in [-0.4, -0.2) is 43.9 Å². The number of rotatable bonds is 3. The lowest BCUT2D eigenvalue weighted by Crippen LogP contribution is -2.46. The van der Waals surface area contributed by atoms with Crippen LogP contribution in [0.25, 0.3) is 0 Å². The molecule has 110 valence electrons. The summed E-state index contributed by atoms with van der Waals surface area (Å²) in [6, 6.07) is 2.40. The fourth-order valence-electron chi connectivity index (χ4n) is 2.65. The van der Waals surface area contributed by atoms with Crippen molar-refractivity contribution in [2.24, 2.45) is 14.1 Å². The van der Waals surface area contributed by atoms with Crippen molar-refractivity contribution >= 4 is 12.4 Å². The number of hydrogen-bond acceptors (Lipinski definition) is 4. The van der Waals surface area contributed by atoms with Crippen LogP contribution >= 0.6 is 12.4 Å². The minimum atomic E-state index is 0. The number of nitrogens with zero attached hydrogens (tertiary/aromatic N) is 5. The largest absolute Gasteiger partial charge is 0.337 e. The van der Waals surface area contributed by atoms with Crippen molar-refractivity contribution in [3.8, 4) is 0 Å². The normalized spacial score (nSPS) is 19.8. The Morgan fingerprint density at radius 1 is 1.35 bits per heavy atom. The van der Waals surface area contributed by atoms with Crippen molar-refractivity contribution in [2.45, 2.75) is 12.6 Å². The Bertz CT molecular complexity index is 549. The number of imidazole rings is 1. The van der Waals surface area contributed by atoms with Crippen LogP contribution in [0.5, 0.6) is 0 Å². The molecule has 3 rings (SSSR count). The van der Waals surface area contributed by atoms with Gasteiger partial charge in [-0.25, -0.2) is 4.98 Å². The Kier molecular flexibility index (Phi) is 4.80. The van der Waals surface area contributed by atoms with Gasteiger partial charge in [-0.05, 0) is 6.07 Å². The molecule has 6 nitrogen and oxygen atoms in total. The van der Waals surface area contributed by atoms with Gasteiger partial charge in [0.05, 0.1) is 11.7 Å². The van der Waals surface area contributed by atoms with Gasteiger partial charge in [0, 0.05) is 58.9 Å². The molecule has 1 atom stereocenters. The van der Waals surface area contributed by atoms with E-state index in [4.69, 9.17) is 0 Å². The average molecular weight is 297 g/mol. The first-order valence-electron chi connectivity index (χ1n) is 6.64. The first kappa shape index (κ1) is 15.0. The molecule has 2 aromatic heterocycles.